The molecule has 3 aromatic carbocycles. The van der Waals surface area contributed by atoms with Crippen molar-refractivity contribution in [2.75, 3.05) is 16.5 Å². The number of hydrogen-bond donors (Lipinski definition) is 0. The maximum absolute atomic E-state index is 14.2. The zero-order valence-electron chi connectivity index (χ0n) is 19.0. The highest BCUT2D eigenvalue weighted by Gasteiger charge is 2.59. The third-order valence-electron chi connectivity index (χ3n) is 7.89. The number of benzene rings is 3. The fourth-order valence-corrected chi connectivity index (χ4v) is 6.25. The van der Waals surface area contributed by atoms with E-state index in [9.17, 15) is 4.79 Å². The Morgan fingerprint density at radius 3 is 2.42 bits per heavy atom. The van der Waals surface area contributed by atoms with Gasteiger partial charge in [-0.1, -0.05) is 66.7 Å². The molecule has 33 heavy (non-hydrogen) atoms. The standard InChI is InChI=1S/C29H29N3O/c1-21-29(28(33)32(30-21)25-13-6-3-7-14-25)20-24-12-8-9-15-26(24)31-17-16-23(19-27(29)31)18-22-10-4-2-5-11-22/h2-15,23,27H,16-20H2,1H3. The molecule has 166 valence electrons. The lowest BCUT2D eigenvalue weighted by molar-refractivity contribution is -0.125. The van der Waals surface area contributed by atoms with E-state index in [4.69, 9.17) is 5.10 Å². The van der Waals surface area contributed by atoms with E-state index in [-0.39, 0.29) is 11.9 Å². The molecule has 0 radical (unpaired) electrons. The maximum Gasteiger partial charge on any atom is 0.261 e. The Morgan fingerprint density at radius 2 is 1.64 bits per heavy atom. The predicted octanol–water partition coefficient (Wildman–Crippen LogP) is 5.48. The molecule has 3 aliphatic heterocycles. The minimum atomic E-state index is -0.612. The van der Waals surface area contributed by atoms with Gasteiger partial charge in [0.1, 0.15) is 5.41 Å². The van der Waals surface area contributed by atoms with Gasteiger partial charge in [0.05, 0.1) is 11.4 Å². The van der Waals surface area contributed by atoms with Crippen LogP contribution in [0.3, 0.4) is 0 Å². The van der Waals surface area contributed by atoms with Crippen LogP contribution in [-0.4, -0.2) is 24.2 Å². The van der Waals surface area contributed by atoms with Gasteiger partial charge in [-0.2, -0.15) is 10.1 Å². The second-order valence-corrected chi connectivity index (χ2v) is 9.70. The number of rotatable bonds is 3. The van der Waals surface area contributed by atoms with Gasteiger partial charge in [-0.25, -0.2) is 0 Å². The summed E-state index contributed by atoms with van der Waals surface area (Å²) in [7, 11) is 0. The summed E-state index contributed by atoms with van der Waals surface area (Å²) in [5, 5.41) is 6.52. The SMILES string of the molecule is CC1=NN(c2ccccc2)C(=O)C12Cc1ccccc1N1CCC(Cc3ccccc3)CC12. The lowest BCUT2D eigenvalue weighted by Gasteiger charge is -2.52. The molecule has 3 unspecified atom stereocenters. The van der Waals surface area contributed by atoms with Gasteiger partial charge < -0.3 is 4.90 Å². The van der Waals surface area contributed by atoms with Crippen LogP contribution in [-0.2, 0) is 17.6 Å². The van der Waals surface area contributed by atoms with Crippen molar-refractivity contribution >= 4 is 23.0 Å². The Kier molecular flexibility index (Phi) is 4.83. The molecule has 3 atom stereocenters. The Morgan fingerprint density at radius 1 is 0.939 bits per heavy atom. The molecule has 3 aliphatic rings. The van der Waals surface area contributed by atoms with Crippen LogP contribution < -0.4 is 9.91 Å². The molecule has 1 fully saturated rings. The number of anilines is 2. The lowest BCUT2D eigenvalue weighted by atomic mass is 9.64. The lowest BCUT2D eigenvalue weighted by Crippen LogP contribution is -2.62. The summed E-state index contributed by atoms with van der Waals surface area (Å²) >= 11 is 0. The Labute approximate surface area is 195 Å². The maximum atomic E-state index is 14.2. The van der Waals surface area contributed by atoms with Crippen molar-refractivity contribution in [2.45, 2.75) is 38.6 Å². The molecule has 4 heteroatoms. The van der Waals surface area contributed by atoms with Crippen molar-refractivity contribution < 1.29 is 4.79 Å². The Bertz CT molecular complexity index is 1210. The molecule has 0 saturated carbocycles. The van der Waals surface area contributed by atoms with E-state index >= 15 is 0 Å². The summed E-state index contributed by atoms with van der Waals surface area (Å²) in [6.45, 7) is 3.04. The molecule has 0 bridgehead atoms. The minimum Gasteiger partial charge on any atom is -0.367 e. The van der Waals surface area contributed by atoms with Crippen molar-refractivity contribution in [1.29, 1.82) is 0 Å². The van der Waals surface area contributed by atoms with Crippen LogP contribution in [0.25, 0.3) is 0 Å². The highest BCUT2D eigenvalue weighted by Crippen LogP contribution is 2.50. The zero-order valence-corrected chi connectivity index (χ0v) is 19.0. The highest BCUT2D eigenvalue weighted by atomic mass is 16.2. The van der Waals surface area contributed by atoms with Gasteiger partial charge in [-0.15, -0.1) is 0 Å². The van der Waals surface area contributed by atoms with E-state index in [0.717, 1.165) is 43.6 Å². The number of piperidine rings is 1. The quantitative estimate of drug-likeness (QED) is 0.546. The molecule has 0 N–H and O–H groups in total. The van der Waals surface area contributed by atoms with Crippen LogP contribution in [0.5, 0.6) is 0 Å². The number of nitrogens with zero attached hydrogens (tertiary/aromatic N) is 3. The first kappa shape index (κ1) is 20.2. The molecule has 3 aromatic rings. The van der Waals surface area contributed by atoms with E-state index in [0.29, 0.717) is 5.92 Å². The topological polar surface area (TPSA) is 35.9 Å². The van der Waals surface area contributed by atoms with Gasteiger partial charge in [0.25, 0.3) is 5.91 Å². The summed E-state index contributed by atoms with van der Waals surface area (Å²) in [6.07, 6.45) is 3.93. The van der Waals surface area contributed by atoms with Gasteiger partial charge in [0, 0.05) is 18.3 Å². The normalized spacial score (nSPS) is 26.2. The fourth-order valence-electron chi connectivity index (χ4n) is 6.25. The Balaban J connectivity index is 1.40. The van der Waals surface area contributed by atoms with Gasteiger partial charge >= 0.3 is 0 Å². The van der Waals surface area contributed by atoms with Gasteiger partial charge in [0.2, 0.25) is 0 Å². The third kappa shape index (κ3) is 3.19. The number of para-hydroxylation sites is 2. The van der Waals surface area contributed by atoms with Gasteiger partial charge in [-0.05, 0) is 67.9 Å². The summed E-state index contributed by atoms with van der Waals surface area (Å²) in [6, 6.07) is 29.4. The molecule has 1 saturated heterocycles. The minimum absolute atomic E-state index is 0.121. The summed E-state index contributed by atoms with van der Waals surface area (Å²) in [5.41, 5.74) is 5.12. The average molecular weight is 436 g/mol. The molecule has 1 spiro atoms. The molecule has 1 amide bonds. The number of carbonyl (C=O) groups is 1. The first-order chi connectivity index (χ1) is 16.2. The van der Waals surface area contributed by atoms with Gasteiger partial charge in [-0.3, -0.25) is 4.79 Å². The number of amides is 1. The molecule has 0 aliphatic carbocycles. The van der Waals surface area contributed by atoms with Gasteiger partial charge in [0.15, 0.2) is 0 Å². The number of fused-ring (bicyclic) bond motifs is 4. The molecular weight excluding hydrogens is 406 g/mol. The summed E-state index contributed by atoms with van der Waals surface area (Å²) in [4.78, 5) is 16.7. The smallest absolute Gasteiger partial charge is 0.261 e. The van der Waals surface area contributed by atoms with E-state index in [1.54, 1.807) is 5.01 Å². The number of hydrogen-bond acceptors (Lipinski definition) is 3. The number of carbonyl (C=O) groups excluding carboxylic acids is 1. The van der Waals surface area contributed by atoms with Crippen molar-refractivity contribution in [1.82, 2.24) is 0 Å². The predicted molar refractivity (Wildman–Crippen MR) is 134 cm³/mol. The fraction of sp³-hybridized carbons (Fsp3) is 0.310. The zero-order chi connectivity index (χ0) is 22.4. The first-order valence-electron chi connectivity index (χ1n) is 12.0. The summed E-state index contributed by atoms with van der Waals surface area (Å²) in [5.74, 6) is 0.679. The van der Waals surface area contributed by atoms with Crippen molar-refractivity contribution in [2.24, 2.45) is 16.4 Å². The largest absolute Gasteiger partial charge is 0.367 e. The Hall–Kier alpha value is -3.40. The van der Waals surface area contributed by atoms with Crippen LogP contribution in [0, 0.1) is 11.3 Å². The first-order valence-corrected chi connectivity index (χ1v) is 12.0. The second-order valence-electron chi connectivity index (χ2n) is 9.70. The van der Waals surface area contributed by atoms with E-state index < -0.39 is 5.41 Å². The average Bonchev–Trinajstić information content (AvgIpc) is 3.11. The van der Waals surface area contributed by atoms with Crippen LogP contribution in [0.2, 0.25) is 0 Å². The third-order valence-corrected chi connectivity index (χ3v) is 7.89. The van der Waals surface area contributed by atoms with E-state index in [1.165, 1.54) is 16.8 Å². The molecule has 4 nitrogen and oxygen atoms in total. The van der Waals surface area contributed by atoms with Crippen LogP contribution in [0.15, 0.2) is 90.0 Å². The number of hydrazone groups is 1. The van der Waals surface area contributed by atoms with Crippen molar-refractivity contribution in [3.8, 4) is 0 Å². The van der Waals surface area contributed by atoms with Crippen molar-refractivity contribution in [3.05, 3.63) is 96.1 Å². The molecule has 0 aromatic heterocycles. The van der Waals surface area contributed by atoms with E-state index in [2.05, 4.69) is 66.4 Å². The highest BCUT2D eigenvalue weighted by molar-refractivity contribution is 6.20. The summed E-state index contributed by atoms with van der Waals surface area (Å²) < 4.78 is 0. The molecule has 3 heterocycles. The van der Waals surface area contributed by atoms with E-state index in [1.807, 2.05) is 30.3 Å². The second kappa shape index (κ2) is 7.87. The molecule has 6 rings (SSSR count). The monoisotopic (exact) mass is 435 g/mol. The van der Waals surface area contributed by atoms with Crippen LogP contribution in [0.4, 0.5) is 11.4 Å². The van der Waals surface area contributed by atoms with Crippen molar-refractivity contribution in [3.63, 3.8) is 0 Å². The molecular formula is C29H29N3O. The van der Waals surface area contributed by atoms with Crippen LogP contribution in [0.1, 0.15) is 30.9 Å². The van der Waals surface area contributed by atoms with Crippen LogP contribution >= 0.6 is 0 Å².